The largest absolute Gasteiger partial charge is 0.480 e. The van der Waals surface area contributed by atoms with Crippen LogP contribution in [0.2, 0.25) is 0 Å². The normalized spacial score (nSPS) is 14.9. The maximum absolute atomic E-state index is 13.0. The average molecular weight is 564 g/mol. The van der Waals surface area contributed by atoms with Gasteiger partial charge in [0.2, 0.25) is 0 Å². The van der Waals surface area contributed by atoms with Crippen molar-refractivity contribution >= 4 is 23.9 Å². The van der Waals surface area contributed by atoms with Crippen molar-refractivity contribution in [1.29, 1.82) is 0 Å². The molecular formula is C31H49NO8. The molecule has 40 heavy (non-hydrogen) atoms. The van der Waals surface area contributed by atoms with Gasteiger partial charge in [0, 0.05) is 18.3 Å². The molecule has 3 N–H and O–H groups in total. The number of rotatable bonds is 16. The van der Waals surface area contributed by atoms with Gasteiger partial charge in [0.25, 0.3) is 0 Å². The van der Waals surface area contributed by atoms with Crippen molar-refractivity contribution in [3.05, 3.63) is 23.8 Å². The number of carboxylic acid groups (broad SMARTS) is 1. The van der Waals surface area contributed by atoms with Crippen LogP contribution in [0.4, 0.5) is 0 Å². The molecule has 0 radical (unpaired) electrons. The summed E-state index contributed by atoms with van der Waals surface area (Å²) in [6, 6.07) is 3.23. The standard InChI is InChI=1S/C31H49NO8/c1-10-13-14-15-24(33)38-20(5)19(4)25(26(32)27(34)35)21-16-17-22(39-28(36)30(6,7)11-2)23(18-21)40-29(37)31(8,9)12-3/h16-20,25-26H,10-15,32H2,1-9H3,(H,34,35)/t19?,20?,25?,26-/m0/s1. The predicted molar refractivity (Wildman–Crippen MR) is 153 cm³/mol. The minimum Gasteiger partial charge on any atom is -0.480 e. The highest BCUT2D eigenvalue weighted by Gasteiger charge is 2.37. The number of benzene rings is 1. The van der Waals surface area contributed by atoms with Crippen molar-refractivity contribution in [3.63, 3.8) is 0 Å². The molecule has 1 aromatic carbocycles. The van der Waals surface area contributed by atoms with E-state index in [4.69, 9.17) is 19.9 Å². The Kier molecular flexibility index (Phi) is 13.3. The number of carbonyl (C=O) groups excluding carboxylic acids is 3. The molecule has 0 aliphatic rings. The molecule has 0 amide bonds. The van der Waals surface area contributed by atoms with Crippen molar-refractivity contribution in [3.8, 4) is 11.5 Å². The Bertz CT molecular complexity index is 1030. The Balaban J connectivity index is 3.52. The van der Waals surface area contributed by atoms with E-state index in [2.05, 4.69) is 0 Å². The molecule has 1 rings (SSSR count). The zero-order chi connectivity index (χ0) is 30.8. The molecule has 0 aliphatic carbocycles. The first kappa shape index (κ1) is 35.1. The highest BCUT2D eigenvalue weighted by molar-refractivity contribution is 5.82. The van der Waals surface area contributed by atoms with E-state index in [0.29, 0.717) is 24.8 Å². The summed E-state index contributed by atoms with van der Waals surface area (Å²) in [4.78, 5) is 50.3. The monoisotopic (exact) mass is 563 g/mol. The molecule has 0 saturated heterocycles. The van der Waals surface area contributed by atoms with Gasteiger partial charge in [0.15, 0.2) is 11.5 Å². The second-order valence-corrected chi connectivity index (χ2v) is 11.9. The minimum atomic E-state index is -1.35. The van der Waals surface area contributed by atoms with Gasteiger partial charge in [-0.05, 0) is 71.6 Å². The van der Waals surface area contributed by atoms with Crippen LogP contribution in [0.1, 0.15) is 112 Å². The molecule has 9 nitrogen and oxygen atoms in total. The van der Waals surface area contributed by atoms with Crippen molar-refractivity contribution in [1.82, 2.24) is 0 Å². The summed E-state index contributed by atoms with van der Waals surface area (Å²) < 4.78 is 17.0. The summed E-state index contributed by atoms with van der Waals surface area (Å²) in [6.45, 7) is 16.2. The van der Waals surface area contributed by atoms with Crippen molar-refractivity contribution in [2.75, 3.05) is 0 Å². The smallest absolute Gasteiger partial charge is 0.321 e. The lowest BCUT2D eigenvalue weighted by Gasteiger charge is -2.32. The van der Waals surface area contributed by atoms with Gasteiger partial charge in [-0.15, -0.1) is 0 Å². The summed E-state index contributed by atoms with van der Waals surface area (Å²) in [5.41, 5.74) is 5.02. The van der Waals surface area contributed by atoms with E-state index in [9.17, 15) is 24.3 Å². The lowest BCUT2D eigenvalue weighted by atomic mass is 9.79. The zero-order valence-electron chi connectivity index (χ0n) is 25.7. The number of unbranched alkanes of at least 4 members (excludes halogenated alkanes) is 2. The lowest BCUT2D eigenvalue weighted by Crippen LogP contribution is -2.42. The van der Waals surface area contributed by atoms with Crippen LogP contribution in [-0.2, 0) is 23.9 Å². The molecule has 3 unspecified atom stereocenters. The number of aliphatic carboxylic acids is 1. The van der Waals surface area contributed by atoms with Crippen LogP contribution < -0.4 is 15.2 Å². The van der Waals surface area contributed by atoms with Gasteiger partial charge in [0.05, 0.1) is 10.8 Å². The van der Waals surface area contributed by atoms with E-state index in [1.807, 2.05) is 20.8 Å². The van der Waals surface area contributed by atoms with Gasteiger partial charge in [-0.3, -0.25) is 19.2 Å². The number of hydrogen-bond acceptors (Lipinski definition) is 8. The van der Waals surface area contributed by atoms with Crippen molar-refractivity contribution in [2.45, 2.75) is 119 Å². The average Bonchev–Trinajstić information content (AvgIpc) is 2.89. The molecule has 0 bridgehead atoms. The topological polar surface area (TPSA) is 142 Å². The number of carboxylic acids is 1. The zero-order valence-corrected chi connectivity index (χ0v) is 25.7. The van der Waals surface area contributed by atoms with E-state index in [-0.39, 0.29) is 23.9 Å². The Hall–Kier alpha value is -2.94. The maximum Gasteiger partial charge on any atom is 0.321 e. The molecule has 0 aliphatic heterocycles. The van der Waals surface area contributed by atoms with Crippen LogP contribution >= 0.6 is 0 Å². The van der Waals surface area contributed by atoms with Gasteiger partial charge in [-0.25, -0.2) is 0 Å². The third kappa shape index (κ3) is 9.61. The summed E-state index contributed by atoms with van der Waals surface area (Å²) >= 11 is 0. The van der Waals surface area contributed by atoms with E-state index < -0.39 is 52.7 Å². The van der Waals surface area contributed by atoms with E-state index in [1.165, 1.54) is 12.1 Å². The fourth-order valence-corrected chi connectivity index (χ4v) is 3.84. The number of esters is 3. The fraction of sp³-hybridized carbons (Fsp3) is 0.677. The highest BCUT2D eigenvalue weighted by Crippen LogP contribution is 2.39. The third-order valence-electron chi connectivity index (χ3n) is 7.91. The first-order valence-electron chi connectivity index (χ1n) is 14.3. The van der Waals surface area contributed by atoms with E-state index >= 15 is 0 Å². The Morgan fingerprint density at radius 3 is 1.88 bits per heavy atom. The molecule has 0 aromatic heterocycles. The first-order valence-corrected chi connectivity index (χ1v) is 14.3. The van der Waals surface area contributed by atoms with Gasteiger partial charge in [0.1, 0.15) is 12.1 Å². The van der Waals surface area contributed by atoms with Crippen LogP contribution in [-0.4, -0.2) is 41.1 Å². The van der Waals surface area contributed by atoms with Crippen LogP contribution in [0.5, 0.6) is 11.5 Å². The highest BCUT2D eigenvalue weighted by atomic mass is 16.6. The van der Waals surface area contributed by atoms with Crippen LogP contribution in [0, 0.1) is 16.7 Å². The fourth-order valence-electron chi connectivity index (χ4n) is 3.84. The molecule has 0 fully saturated rings. The van der Waals surface area contributed by atoms with Gasteiger partial charge in [-0.2, -0.15) is 0 Å². The number of ether oxygens (including phenoxy) is 3. The first-order chi connectivity index (χ1) is 18.5. The third-order valence-corrected chi connectivity index (χ3v) is 7.91. The molecule has 226 valence electrons. The van der Waals surface area contributed by atoms with Gasteiger partial charge >= 0.3 is 23.9 Å². The van der Waals surface area contributed by atoms with Gasteiger partial charge < -0.3 is 25.1 Å². The predicted octanol–water partition coefficient (Wildman–Crippen LogP) is 6.01. The van der Waals surface area contributed by atoms with E-state index in [1.54, 1.807) is 47.6 Å². The number of hydrogen-bond donors (Lipinski definition) is 2. The summed E-state index contributed by atoms with van der Waals surface area (Å²) in [5, 5.41) is 9.83. The number of nitrogens with two attached hydrogens (primary N) is 1. The SMILES string of the molecule is CCCCCC(=O)OC(C)C(C)C(c1ccc(OC(=O)C(C)(C)CC)c(OC(=O)C(C)(C)CC)c1)[C@H](N)C(=O)O. The lowest BCUT2D eigenvalue weighted by molar-refractivity contribution is -0.151. The van der Waals surface area contributed by atoms with Crippen LogP contribution in [0.3, 0.4) is 0 Å². The molecular weight excluding hydrogens is 514 g/mol. The maximum atomic E-state index is 13.0. The summed E-state index contributed by atoms with van der Waals surface area (Å²) in [6.07, 6.45) is 3.27. The Labute approximate surface area is 239 Å². The minimum absolute atomic E-state index is 0.0109. The molecule has 1 aromatic rings. The van der Waals surface area contributed by atoms with Crippen LogP contribution in [0.15, 0.2) is 18.2 Å². The molecule has 0 spiro atoms. The van der Waals surface area contributed by atoms with E-state index in [0.717, 1.165) is 12.8 Å². The second kappa shape index (κ2) is 15.2. The summed E-state index contributed by atoms with van der Waals surface area (Å²) in [5.74, 6) is -3.90. The summed E-state index contributed by atoms with van der Waals surface area (Å²) in [7, 11) is 0. The molecule has 9 heteroatoms. The second-order valence-electron chi connectivity index (χ2n) is 11.9. The van der Waals surface area contributed by atoms with Crippen molar-refractivity contribution in [2.24, 2.45) is 22.5 Å². The Morgan fingerprint density at radius 2 is 1.40 bits per heavy atom. The quantitative estimate of drug-likeness (QED) is 0.140. The molecule has 4 atom stereocenters. The molecule has 0 saturated carbocycles. The molecule has 0 heterocycles. The van der Waals surface area contributed by atoms with Crippen LogP contribution in [0.25, 0.3) is 0 Å². The van der Waals surface area contributed by atoms with Gasteiger partial charge in [-0.1, -0.05) is 46.6 Å². The van der Waals surface area contributed by atoms with Crippen molar-refractivity contribution < 1.29 is 38.5 Å². The number of carbonyl (C=O) groups is 4. The Morgan fingerprint density at radius 1 is 0.875 bits per heavy atom.